The van der Waals surface area contributed by atoms with Crippen molar-refractivity contribution in [2.45, 2.75) is 19.3 Å². The van der Waals surface area contributed by atoms with Crippen LogP contribution < -0.4 is 4.90 Å². The molecule has 0 bridgehead atoms. The van der Waals surface area contributed by atoms with Crippen LogP contribution in [0.15, 0.2) is 200 Å². The smallest absolute Gasteiger partial charge is 0.0646 e. The number of thiophene rings is 1. The molecule has 10 aromatic rings. The topological polar surface area (TPSA) is 3.24 Å². The summed E-state index contributed by atoms with van der Waals surface area (Å²) in [4.78, 5) is 2.50. The van der Waals surface area contributed by atoms with E-state index in [1.165, 1.54) is 92.3 Å². The number of anilines is 3. The molecule has 2 heteroatoms. The van der Waals surface area contributed by atoms with E-state index < -0.39 is 0 Å². The normalized spacial score (nSPS) is 12.9. The van der Waals surface area contributed by atoms with Crippen LogP contribution in [0.3, 0.4) is 0 Å². The van der Waals surface area contributed by atoms with Gasteiger partial charge in [-0.3, -0.25) is 0 Å². The molecule has 1 nitrogen and oxygen atoms in total. The summed E-state index contributed by atoms with van der Waals surface area (Å²) in [5.74, 6) is 0. The Morgan fingerprint density at radius 1 is 0.386 bits per heavy atom. The Balaban J connectivity index is 1.11. The summed E-state index contributed by atoms with van der Waals surface area (Å²) in [6, 6.07) is 73.9. The van der Waals surface area contributed by atoms with Crippen molar-refractivity contribution in [3.05, 3.63) is 211 Å². The zero-order valence-corrected chi connectivity index (χ0v) is 32.7. The summed E-state index contributed by atoms with van der Waals surface area (Å²) in [5, 5.41) is 5.07. The van der Waals surface area contributed by atoms with Crippen molar-refractivity contribution in [2.75, 3.05) is 4.90 Å². The molecule has 0 saturated carbocycles. The second-order valence-electron chi connectivity index (χ2n) is 15.8. The molecule has 57 heavy (non-hydrogen) atoms. The molecule has 270 valence electrons. The lowest BCUT2D eigenvalue weighted by atomic mass is 9.82. The van der Waals surface area contributed by atoms with Crippen molar-refractivity contribution in [3.8, 4) is 44.5 Å². The number of benzene rings is 9. The first kappa shape index (κ1) is 33.6. The first-order valence-corrected chi connectivity index (χ1v) is 20.6. The van der Waals surface area contributed by atoms with E-state index in [1.807, 2.05) is 11.3 Å². The van der Waals surface area contributed by atoms with Crippen molar-refractivity contribution >= 4 is 59.3 Å². The number of rotatable bonds is 6. The molecule has 1 heterocycles. The maximum Gasteiger partial charge on any atom is 0.0646 e. The molecule has 0 fully saturated rings. The highest BCUT2D eigenvalue weighted by Gasteiger charge is 2.36. The largest absolute Gasteiger partial charge is 0.309 e. The summed E-state index contributed by atoms with van der Waals surface area (Å²) in [6.07, 6.45) is 0. The number of hydrogen-bond acceptors (Lipinski definition) is 2. The Labute approximate surface area is 337 Å². The Morgan fingerprint density at radius 2 is 0.982 bits per heavy atom. The van der Waals surface area contributed by atoms with Gasteiger partial charge in [0.25, 0.3) is 0 Å². The summed E-state index contributed by atoms with van der Waals surface area (Å²) in [5.41, 5.74) is 16.0. The summed E-state index contributed by atoms with van der Waals surface area (Å²) >= 11 is 1.89. The molecule has 9 aromatic carbocycles. The van der Waals surface area contributed by atoms with Gasteiger partial charge in [-0.15, -0.1) is 11.3 Å². The second kappa shape index (κ2) is 13.2. The zero-order chi connectivity index (χ0) is 38.1. The first-order chi connectivity index (χ1) is 28.0. The molecule has 0 radical (unpaired) electrons. The van der Waals surface area contributed by atoms with Gasteiger partial charge < -0.3 is 4.90 Å². The number of fused-ring (bicyclic) bond motifs is 7. The van der Waals surface area contributed by atoms with E-state index >= 15 is 0 Å². The van der Waals surface area contributed by atoms with E-state index in [0.29, 0.717) is 0 Å². The van der Waals surface area contributed by atoms with Crippen molar-refractivity contribution in [1.82, 2.24) is 0 Å². The molecule has 0 saturated heterocycles. The third kappa shape index (κ3) is 5.59. The lowest BCUT2D eigenvalue weighted by Gasteiger charge is -2.29. The van der Waals surface area contributed by atoms with Gasteiger partial charge in [0, 0.05) is 32.3 Å². The van der Waals surface area contributed by atoms with Crippen molar-refractivity contribution < 1.29 is 0 Å². The van der Waals surface area contributed by atoms with Crippen LogP contribution in [-0.2, 0) is 5.41 Å². The minimum Gasteiger partial charge on any atom is -0.309 e. The average molecular weight is 746 g/mol. The molecular weight excluding hydrogens is 707 g/mol. The van der Waals surface area contributed by atoms with E-state index in [0.717, 1.165) is 11.4 Å². The Hall–Kier alpha value is -6.74. The molecule has 1 aromatic heterocycles. The van der Waals surface area contributed by atoms with E-state index in [9.17, 15) is 0 Å². The standard InChI is InChI=1S/C55H39NS/c1-55(2)50-18-10-8-16-46(50)47-31-30-45(35-51(47)55)56(44-28-26-40(27-29-44)39-22-20-38(21-23-39)36-12-4-3-5-13-36)52-34-43(42-25-24-37-14-6-7-15-41(37)32-42)33-49-48-17-9-11-19-53(48)57-54(49)52/h3-35H,1-2H3. The molecule has 11 rings (SSSR count). The second-order valence-corrected chi connectivity index (χ2v) is 16.8. The van der Waals surface area contributed by atoms with Gasteiger partial charge in [0.05, 0.1) is 10.4 Å². The summed E-state index contributed by atoms with van der Waals surface area (Å²) in [6.45, 7) is 4.74. The molecule has 0 N–H and O–H groups in total. The molecule has 0 spiro atoms. The third-order valence-electron chi connectivity index (χ3n) is 12.1. The maximum absolute atomic E-state index is 2.50. The molecule has 1 aliphatic rings. The number of hydrogen-bond donors (Lipinski definition) is 0. The van der Waals surface area contributed by atoms with Gasteiger partial charge >= 0.3 is 0 Å². The fraction of sp³-hybridized carbons (Fsp3) is 0.0545. The molecule has 0 amide bonds. The van der Waals surface area contributed by atoms with E-state index in [-0.39, 0.29) is 5.41 Å². The van der Waals surface area contributed by atoms with Crippen LogP contribution in [0.2, 0.25) is 0 Å². The predicted molar refractivity (Wildman–Crippen MR) is 245 cm³/mol. The van der Waals surface area contributed by atoms with Crippen LogP contribution in [0, 0.1) is 0 Å². The van der Waals surface area contributed by atoms with E-state index in [1.54, 1.807) is 0 Å². The SMILES string of the molecule is CC1(C)c2ccccc2-c2ccc(N(c3ccc(-c4ccc(-c5ccccc5)cc4)cc3)c3cc(-c4ccc5ccccc5c4)cc4c3sc3ccccc34)cc21. The fourth-order valence-electron chi connectivity index (χ4n) is 9.06. The number of nitrogens with zero attached hydrogens (tertiary/aromatic N) is 1. The average Bonchev–Trinajstić information content (AvgIpc) is 3.76. The zero-order valence-electron chi connectivity index (χ0n) is 31.9. The van der Waals surface area contributed by atoms with Crippen LogP contribution in [0.5, 0.6) is 0 Å². The van der Waals surface area contributed by atoms with Gasteiger partial charge in [-0.25, -0.2) is 0 Å². The van der Waals surface area contributed by atoms with Crippen molar-refractivity contribution in [2.24, 2.45) is 0 Å². The molecule has 0 aliphatic heterocycles. The van der Waals surface area contributed by atoms with E-state index in [2.05, 4.69) is 219 Å². The monoisotopic (exact) mass is 745 g/mol. The molecule has 0 atom stereocenters. The first-order valence-electron chi connectivity index (χ1n) is 19.7. The summed E-state index contributed by atoms with van der Waals surface area (Å²) < 4.78 is 2.58. The van der Waals surface area contributed by atoms with Crippen LogP contribution in [-0.4, -0.2) is 0 Å². The van der Waals surface area contributed by atoms with Crippen LogP contribution in [0.25, 0.3) is 75.5 Å². The van der Waals surface area contributed by atoms with Crippen LogP contribution in [0.1, 0.15) is 25.0 Å². The van der Waals surface area contributed by atoms with Crippen LogP contribution in [0.4, 0.5) is 17.1 Å². The minimum absolute atomic E-state index is 0.122. The third-order valence-corrected chi connectivity index (χ3v) is 13.3. The quantitative estimate of drug-likeness (QED) is 0.164. The predicted octanol–water partition coefficient (Wildman–Crippen LogP) is 16.0. The molecule has 1 aliphatic carbocycles. The van der Waals surface area contributed by atoms with E-state index in [4.69, 9.17) is 0 Å². The highest BCUT2D eigenvalue weighted by Crippen LogP contribution is 2.52. The van der Waals surface area contributed by atoms with Crippen molar-refractivity contribution in [1.29, 1.82) is 0 Å². The van der Waals surface area contributed by atoms with Gasteiger partial charge in [-0.05, 0) is 115 Å². The molecule has 0 unspecified atom stereocenters. The Kier molecular flexibility index (Phi) is 7.77. The van der Waals surface area contributed by atoms with Crippen LogP contribution >= 0.6 is 11.3 Å². The fourth-order valence-corrected chi connectivity index (χ4v) is 10.2. The highest BCUT2D eigenvalue weighted by atomic mass is 32.1. The van der Waals surface area contributed by atoms with Gasteiger partial charge in [-0.1, -0.05) is 166 Å². The molecular formula is C55H39NS. The highest BCUT2D eigenvalue weighted by molar-refractivity contribution is 7.26. The summed E-state index contributed by atoms with van der Waals surface area (Å²) in [7, 11) is 0. The van der Waals surface area contributed by atoms with Gasteiger partial charge in [0.2, 0.25) is 0 Å². The lowest BCUT2D eigenvalue weighted by molar-refractivity contribution is 0.660. The lowest BCUT2D eigenvalue weighted by Crippen LogP contribution is -2.16. The van der Waals surface area contributed by atoms with Gasteiger partial charge in [-0.2, -0.15) is 0 Å². The maximum atomic E-state index is 2.50. The van der Waals surface area contributed by atoms with Gasteiger partial charge in [0.1, 0.15) is 0 Å². The minimum atomic E-state index is -0.122. The van der Waals surface area contributed by atoms with Crippen molar-refractivity contribution in [3.63, 3.8) is 0 Å². The van der Waals surface area contributed by atoms with Gasteiger partial charge in [0.15, 0.2) is 0 Å². The Bertz CT molecular complexity index is 3130. The Morgan fingerprint density at radius 3 is 1.77 bits per heavy atom.